The third-order valence-electron chi connectivity index (χ3n) is 4.64. The zero-order valence-corrected chi connectivity index (χ0v) is 16.6. The second-order valence-electron chi connectivity index (χ2n) is 6.67. The average molecular weight is 397 g/mol. The normalized spacial score (nSPS) is 12.6. The fourth-order valence-electron chi connectivity index (χ4n) is 3.26. The molecule has 0 fully saturated rings. The van der Waals surface area contributed by atoms with E-state index in [1.807, 2.05) is 12.1 Å². The summed E-state index contributed by atoms with van der Waals surface area (Å²) in [5.74, 6) is -0.338. The van der Waals surface area contributed by atoms with Crippen molar-refractivity contribution in [2.24, 2.45) is 0 Å². The Kier molecular flexibility index (Phi) is 6.01. The highest BCUT2D eigenvalue weighted by Crippen LogP contribution is 2.33. The van der Waals surface area contributed by atoms with Gasteiger partial charge in [-0.2, -0.15) is 0 Å². The molecule has 0 bridgehead atoms. The minimum atomic E-state index is -0.728. The first-order valence-corrected chi connectivity index (χ1v) is 9.13. The third kappa shape index (κ3) is 4.66. The number of carbonyl (C=O) groups excluding carboxylic acids is 3. The lowest BCUT2D eigenvalue weighted by Crippen LogP contribution is -2.42. The molecular formula is C21H23N3O5. The maximum atomic E-state index is 12.6. The van der Waals surface area contributed by atoms with Crippen molar-refractivity contribution in [3.63, 3.8) is 0 Å². The molecule has 1 aliphatic rings. The van der Waals surface area contributed by atoms with E-state index in [4.69, 9.17) is 9.47 Å². The minimum absolute atomic E-state index is 0.219. The summed E-state index contributed by atoms with van der Waals surface area (Å²) in [4.78, 5) is 37.8. The van der Waals surface area contributed by atoms with E-state index in [-0.39, 0.29) is 5.91 Å². The maximum Gasteiger partial charge on any atom is 0.313 e. The monoisotopic (exact) mass is 397 g/mol. The molecule has 29 heavy (non-hydrogen) atoms. The molecule has 0 atom stereocenters. The largest absolute Gasteiger partial charge is 0.493 e. The van der Waals surface area contributed by atoms with E-state index >= 15 is 0 Å². The molecule has 152 valence electrons. The molecule has 0 saturated heterocycles. The number of benzene rings is 2. The molecule has 3 rings (SSSR count). The van der Waals surface area contributed by atoms with Gasteiger partial charge in [0.25, 0.3) is 0 Å². The number of ether oxygens (including phenoxy) is 2. The summed E-state index contributed by atoms with van der Waals surface area (Å²) >= 11 is 0. The molecule has 0 spiro atoms. The van der Waals surface area contributed by atoms with Crippen LogP contribution < -0.4 is 20.1 Å². The van der Waals surface area contributed by atoms with Crippen LogP contribution in [0.4, 0.5) is 11.4 Å². The number of rotatable bonds is 4. The quantitative estimate of drug-likeness (QED) is 0.771. The fraction of sp³-hybridized carbons (Fsp3) is 0.286. The summed E-state index contributed by atoms with van der Waals surface area (Å²) in [6, 6.07) is 10.4. The van der Waals surface area contributed by atoms with E-state index in [0.29, 0.717) is 42.4 Å². The molecule has 0 aliphatic carbocycles. The molecule has 8 nitrogen and oxygen atoms in total. The van der Waals surface area contributed by atoms with Crippen LogP contribution in [0.25, 0.3) is 0 Å². The zero-order chi connectivity index (χ0) is 21.0. The van der Waals surface area contributed by atoms with Crippen molar-refractivity contribution in [3.05, 3.63) is 47.5 Å². The first kappa shape index (κ1) is 20.2. The Morgan fingerprint density at radius 3 is 2.17 bits per heavy atom. The lowest BCUT2D eigenvalue weighted by atomic mass is 9.98. The Morgan fingerprint density at radius 1 is 0.931 bits per heavy atom. The van der Waals surface area contributed by atoms with E-state index < -0.39 is 11.8 Å². The van der Waals surface area contributed by atoms with Crippen LogP contribution in [-0.2, 0) is 27.3 Å². The van der Waals surface area contributed by atoms with Crippen molar-refractivity contribution in [2.75, 3.05) is 31.4 Å². The number of fused-ring (bicyclic) bond motifs is 1. The molecular weight excluding hydrogens is 374 g/mol. The van der Waals surface area contributed by atoms with Crippen molar-refractivity contribution in [1.29, 1.82) is 0 Å². The van der Waals surface area contributed by atoms with Crippen molar-refractivity contribution in [2.45, 2.75) is 19.9 Å². The first-order chi connectivity index (χ1) is 13.9. The van der Waals surface area contributed by atoms with Crippen LogP contribution in [0.1, 0.15) is 18.1 Å². The van der Waals surface area contributed by atoms with E-state index in [1.165, 1.54) is 11.8 Å². The number of hydrogen-bond donors (Lipinski definition) is 2. The topological polar surface area (TPSA) is 97.0 Å². The van der Waals surface area contributed by atoms with Gasteiger partial charge >= 0.3 is 11.8 Å². The Labute approximate surface area is 168 Å². The van der Waals surface area contributed by atoms with Crippen LogP contribution in [-0.4, -0.2) is 43.4 Å². The predicted molar refractivity (Wildman–Crippen MR) is 108 cm³/mol. The Balaban J connectivity index is 1.70. The molecule has 0 aromatic heterocycles. The smallest absolute Gasteiger partial charge is 0.313 e. The molecule has 0 radical (unpaired) electrons. The zero-order valence-electron chi connectivity index (χ0n) is 16.6. The fourth-order valence-corrected chi connectivity index (χ4v) is 3.26. The van der Waals surface area contributed by atoms with Crippen LogP contribution in [0.15, 0.2) is 36.4 Å². The summed E-state index contributed by atoms with van der Waals surface area (Å²) < 4.78 is 10.6. The highest BCUT2D eigenvalue weighted by molar-refractivity contribution is 6.39. The standard InChI is InChI=1S/C21H23N3O5/c1-13(25)22-16-5-4-6-17(11-16)23-20(26)21(27)24-8-7-14-9-18(28-2)19(29-3)10-15(14)12-24/h4-6,9-11H,7-8,12H2,1-3H3,(H,22,25)(H,23,26). The van der Waals surface area contributed by atoms with Crippen LogP contribution in [0.5, 0.6) is 11.5 Å². The Bertz CT molecular complexity index is 957. The number of methoxy groups -OCH3 is 2. The lowest BCUT2D eigenvalue weighted by molar-refractivity contribution is -0.143. The number of nitrogens with one attached hydrogen (secondary N) is 2. The van der Waals surface area contributed by atoms with Gasteiger partial charge in [0.1, 0.15) is 0 Å². The molecule has 2 N–H and O–H groups in total. The average Bonchev–Trinajstić information content (AvgIpc) is 2.71. The van der Waals surface area contributed by atoms with Gasteiger partial charge in [-0.15, -0.1) is 0 Å². The Hall–Kier alpha value is -3.55. The summed E-state index contributed by atoms with van der Waals surface area (Å²) in [7, 11) is 3.13. The molecule has 0 unspecified atom stereocenters. The number of amides is 3. The summed E-state index contributed by atoms with van der Waals surface area (Å²) in [6.45, 7) is 2.14. The van der Waals surface area contributed by atoms with Crippen LogP contribution in [0.3, 0.4) is 0 Å². The van der Waals surface area contributed by atoms with Crippen molar-refractivity contribution >= 4 is 29.1 Å². The highest BCUT2D eigenvalue weighted by atomic mass is 16.5. The molecule has 0 saturated carbocycles. The van der Waals surface area contributed by atoms with E-state index in [2.05, 4.69) is 10.6 Å². The predicted octanol–water partition coefficient (Wildman–Crippen LogP) is 2.19. The molecule has 2 aromatic carbocycles. The van der Waals surface area contributed by atoms with Crippen molar-refractivity contribution < 1.29 is 23.9 Å². The number of nitrogens with zero attached hydrogens (tertiary/aromatic N) is 1. The van der Waals surface area contributed by atoms with Gasteiger partial charge in [0.05, 0.1) is 14.2 Å². The van der Waals surface area contributed by atoms with E-state index in [1.54, 1.807) is 38.5 Å². The van der Waals surface area contributed by atoms with Gasteiger partial charge in [0.15, 0.2) is 11.5 Å². The second kappa shape index (κ2) is 8.64. The van der Waals surface area contributed by atoms with Gasteiger partial charge in [-0.3, -0.25) is 14.4 Å². The number of carbonyl (C=O) groups is 3. The third-order valence-corrected chi connectivity index (χ3v) is 4.64. The molecule has 2 aromatic rings. The van der Waals surface area contributed by atoms with Crippen LogP contribution in [0, 0.1) is 0 Å². The number of anilines is 2. The SMILES string of the molecule is COc1cc2c(cc1OC)CN(C(=O)C(=O)Nc1cccc(NC(C)=O)c1)CC2. The molecule has 1 heterocycles. The lowest BCUT2D eigenvalue weighted by Gasteiger charge is -2.29. The number of hydrogen-bond acceptors (Lipinski definition) is 5. The van der Waals surface area contributed by atoms with Gasteiger partial charge in [-0.05, 0) is 47.9 Å². The molecule has 1 aliphatic heterocycles. The summed E-state index contributed by atoms with van der Waals surface area (Å²) in [6.07, 6.45) is 0.618. The van der Waals surface area contributed by atoms with Crippen LogP contribution >= 0.6 is 0 Å². The molecule has 3 amide bonds. The van der Waals surface area contributed by atoms with Gasteiger partial charge < -0.3 is 25.0 Å². The van der Waals surface area contributed by atoms with Crippen molar-refractivity contribution in [1.82, 2.24) is 4.90 Å². The van der Waals surface area contributed by atoms with E-state index in [9.17, 15) is 14.4 Å². The minimum Gasteiger partial charge on any atom is -0.493 e. The van der Waals surface area contributed by atoms with E-state index in [0.717, 1.165) is 11.1 Å². The van der Waals surface area contributed by atoms with Crippen molar-refractivity contribution in [3.8, 4) is 11.5 Å². The first-order valence-electron chi connectivity index (χ1n) is 9.13. The van der Waals surface area contributed by atoms with Crippen LogP contribution in [0.2, 0.25) is 0 Å². The maximum absolute atomic E-state index is 12.6. The second-order valence-corrected chi connectivity index (χ2v) is 6.67. The van der Waals surface area contributed by atoms with Gasteiger partial charge in [-0.25, -0.2) is 0 Å². The van der Waals surface area contributed by atoms with Gasteiger partial charge in [0.2, 0.25) is 5.91 Å². The summed E-state index contributed by atoms with van der Waals surface area (Å²) in [5.41, 5.74) is 2.95. The van der Waals surface area contributed by atoms with Gasteiger partial charge in [0, 0.05) is 31.4 Å². The van der Waals surface area contributed by atoms with Gasteiger partial charge in [-0.1, -0.05) is 6.07 Å². The Morgan fingerprint density at radius 2 is 1.55 bits per heavy atom. The highest BCUT2D eigenvalue weighted by Gasteiger charge is 2.27. The molecule has 8 heteroatoms. The summed E-state index contributed by atoms with van der Waals surface area (Å²) in [5, 5.41) is 5.23.